The van der Waals surface area contributed by atoms with Crippen LogP contribution in [-0.2, 0) is 19.6 Å². The Morgan fingerprint density at radius 2 is 1.55 bits per heavy atom. The lowest BCUT2D eigenvalue weighted by molar-refractivity contribution is -0.134. The minimum atomic E-state index is -3.72. The molecule has 312 valence electrons. The first-order valence-corrected chi connectivity index (χ1v) is 22.3. The second-order valence-electron chi connectivity index (χ2n) is 15.8. The molecule has 3 fully saturated rings. The van der Waals surface area contributed by atoms with Crippen LogP contribution in [0.1, 0.15) is 60.9 Å². The van der Waals surface area contributed by atoms with Crippen molar-refractivity contribution in [3.05, 3.63) is 114 Å². The molecule has 8 rings (SSSR count). The number of anilines is 2. The molecule has 5 aromatic rings. The van der Waals surface area contributed by atoms with Gasteiger partial charge in [-0.3, -0.25) is 34.3 Å². The van der Waals surface area contributed by atoms with E-state index in [9.17, 15) is 22.8 Å². The van der Waals surface area contributed by atoms with Crippen molar-refractivity contribution in [2.45, 2.75) is 44.9 Å². The lowest BCUT2D eigenvalue weighted by atomic mass is 9.90. The van der Waals surface area contributed by atoms with Gasteiger partial charge in [0.15, 0.2) is 5.82 Å². The third kappa shape index (κ3) is 9.11. The van der Waals surface area contributed by atoms with Crippen LogP contribution in [0.3, 0.4) is 0 Å². The van der Waals surface area contributed by atoms with E-state index in [0.717, 1.165) is 56.8 Å². The molecular formula is C45H49FN8O5S. The first-order chi connectivity index (χ1) is 29.0. The Balaban J connectivity index is 0.865. The summed E-state index contributed by atoms with van der Waals surface area (Å²) < 4.78 is 45.0. The summed E-state index contributed by atoms with van der Waals surface area (Å²) in [6, 6.07) is 23.6. The van der Waals surface area contributed by atoms with Crippen molar-refractivity contribution in [3.63, 3.8) is 0 Å². The van der Waals surface area contributed by atoms with E-state index in [1.165, 1.54) is 6.07 Å². The first-order valence-electron chi connectivity index (χ1n) is 20.7. The zero-order chi connectivity index (χ0) is 41.8. The van der Waals surface area contributed by atoms with Crippen LogP contribution in [0.5, 0.6) is 0 Å². The third-order valence-electron chi connectivity index (χ3n) is 11.8. The van der Waals surface area contributed by atoms with Crippen LogP contribution in [0.25, 0.3) is 28.1 Å². The minimum absolute atomic E-state index is 0.0267. The number of benzene rings is 3. The molecule has 15 heteroatoms. The number of nitrogens with one attached hydrogen (secondary N) is 2. The average Bonchev–Trinajstić information content (AvgIpc) is 3.71. The average molecular weight is 833 g/mol. The minimum Gasteiger partial charge on any atom is -0.372 e. The topological polar surface area (TPSA) is 150 Å². The summed E-state index contributed by atoms with van der Waals surface area (Å²) in [5, 5.41) is 7.27. The maximum atomic E-state index is 16.0. The van der Waals surface area contributed by atoms with Gasteiger partial charge in [0.2, 0.25) is 21.8 Å². The summed E-state index contributed by atoms with van der Waals surface area (Å²) in [5.41, 5.74) is 5.08. The number of sulfonamides is 1. The van der Waals surface area contributed by atoms with Gasteiger partial charge in [0.1, 0.15) is 5.69 Å². The number of piperidine rings is 2. The molecule has 3 amide bonds. The number of rotatable bonds is 12. The summed E-state index contributed by atoms with van der Waals surface area (Å²) in [4.78, 5) is 48.4. The molecule has 1 atom stereocenters. The molecule has 13 nitrogen and oxygen atoms in total. The molecule has 0 aliphatic carbocycles. The quantitative estimate of drug-likeness (QED) is 0.143. The lowest BCUT2D eigenvalue weighted by Gasteiger charge is -2.39. The Bertz CT molecular complexity index is 2450. The van der Waals surface area contributed by atoms with Crippen LogP contribution < -0.4 is 14.9 Å². The Morgan fingerprint density at radius 1 is 0.850 bits per heavy atom. The van der Waals surface area contributed by atoms with Crippen molar-refractivity contribution in [1.82, 2.24) is 29.9 Å². The normalized spacial score (nSPS) is 18.1. The van der Waals surface area contributed by atoms with E-state index in [1.807, 2.05) is 29.2 Å². The van der Waals surface area contributed by atoms with Gasteiger partial charge in [0, 0.05) is 98.8 Å². The largest absolute Gasteiger partial charge is 0.372 e. The molecule has 3 aliphatic rings. The van der Waals surface area contributed by atoms with Crippen molar-refractivity contribution in [2.24, 2.45) is 5.92 Å². The predicted molar refractivity (Wildman–Crippen MR) is 229 cm³/mol. The number of aromatic nitrogens is 3. The Morgan fingerprint density at radius 3 is 2.23 bits per heavy atom. The van der Waals surface area contributed by atoms with E-state index in [0.29, 0.717) is 66.3 Å². The predicted octanol–water partition coefficient (Wildman–Crippen LogP) is 6.09. The standard InChI is InChI=1S/C45H49FN8O5S/c1-2-28-60(58,59)50-40-5-3-4-38(42(40)46)39-30-54(49-43(39)33-16-20-47-21-17-33)36-12-8-34(9-13-36)45(57)53-26-24-51(25-27-53)29-31-18-22-52(23-19-31)35-10-6-32(7-11-35)37-14-15-41(55)48-44(37)56/h3-13,16-17,20-21,30-31,37,50H,2,14-15,18-19,22-29H2,1H3,(H,48,55,56)/t37-/m1/s1. The molecule has 3 aromatic carbocycles. The van der Waals surface area contributed by atoms with Crippen LogP contribution in [-0.4, -0.2) is 102 Å². The zero-order valence-corrected chi connectivity index (χ0v) is 34.4. The highest BCUT2D eigenvalue weighted by atomic mass is 32.2. The van der Waals surface area contributed by atoms with Gasteiger partial charge < -0.3 is 9.80 Å². The van der Waals surface area contributed by atoms with Crippen molar-refractivity contribution >= 4 is 39.1 Å². The number of carbonyl (C=O) groups is 3. The molecule has 5 heterocycles. The fraction of sp³-hybridized carbons (Fsp3) is 0.356. The number of hydrogen-bond acceptors (Lipinski definition) is 9. The molecule has 0 radical (unpaired) electrons. The van der Waals surface area contributed by atoms with Crippen molar-refractivity contribution in [1.29, 1.82) is 0 Å². The van der Waals surface area contributed by atoms with E-state index < -0.39 is 15.8 Å². The highest BCUT2D eigenvalue weighted by molar-refractivity contribution is 7.92. The van der Waals surface area contributed by atoms with E-state index in [4.69, 9.17) is 5.10 Å². The van der Waals surface area contributed by atoms with E-state index in [-0.39, 0.29) is 40.6 Å². The second-order valence-corrected chi connectivity index (χ2v) is 17.7. The molecule has 0 unspecified atom stereocenters. The fourth-order valence-electron chi connectivity index (χ4n) is 8.47. The van der Waals surface area contributed by atoms with Gasteiger partial charge in [-0.2, -0.15) is 5.10 Å². The highest BCUT2D eigenvalue weighted by Gasteiger charge is 2.29. The van der Waals surface area contributed by atoms with Crippen LogP contribution in [0.15, 0.2) is 97.5 Å². The zero-order valence-electron chi connectivity index (χ0n) is 33.6. The van der Waals surface area contributed by atoms with Crippen LogP contribution in [0.2, 0.25) is 0 Å². The summed E-state index contributed by atoms with van der Waals surface area (Å²) in [6.07, 6.45) is 8.46. The Labute approximate surface area is 349 Å². The van der Waals surface area contributed by atoms with Gasteiger partial charge in [0.05, 0.1) is 23.0 Å². The number of piperazine rings is 1. The first kappa shape index (κ1) is 40.8. The Kier molecular flexibility index (Phi) is 12.1. The number of hydrogen-bond donors (Lipinski definition) is 2. The lowest BCUT2D eigenvalue weighted by Crippen LogP contribution is -2.50. The number of carbonyl (C=O) groups excluding carboxylic acids is 3. The molecule has 2 N–H and O–H groups in total. The van der Waals surface area contributed by atoms with Crippen molar-refractivity contribution < 1.29 is 27.2 Å². The molecule has 3 saturated heterocycles. The summed E-state index contributed by atoms with van der Waals surface area (Å²) >= 11 is 0. The van der Waals surface area contributed by atoms with E-state index in [2.05, 4.69) is 37.0 Å². The van der Waals surface area contributed by atoms with Crippen LogP contribution >= 0.6 is 0 Å². The molecule has 0 bridgehead atoms. The number of halogens is 1. The van der Waals surface area contributed by atoms with Crippen LogP contribution in [0.4, 0.5) is 15.8 Å². The monoisotopic (exact) mass is 832 g/mol. The molecular weight excluding hydrogens is 784 g/mol. The molecule has 0 saturated carbocycles. The van der Waals surface area contributed by atoms with Gasteiger partial charge in [-0.15, -0.1) is 0 Å². The van der Waals surface area contributed by atoms with Crippen molar-refractivity contribution in [3.8, 4) is 28.1 Å². The van der Waals surface area contributed by atoms with Gasteiger partial charge in [-0.05, 0) is 91.8 Å². The second kappa shape index (κ2) is 17.7. The summed E-state index contributed by atoms with van der Waals surface area (Å²) in [6.45, 7) is 7.62. The number of amides is 3. The van der Waals surface area contributed by atoms with Gasteiger partial charge in [-0.25, -0.2) is 17.5 Å². The van der Waals surface area contributed by atoms with Crippen molar-refractivity contribution in [2.75, 3.05) is 61.2 Å². The molecule has 3 aliphatic heterocycles. The highest BCUT2D eigenvalue weighted by Crippen LogP contribution is 2.36. The molecule has 0 spiro atoms. The van der Waals surface area contributed by atoms with E-state index >= 15 is 4.39 Å². The fourth-order valence-corrected chi connectivity index (χ4v) is 9.61. The maximum Gasteiger partial charge on any atom is 0.253 e. The maximum absolute atomic E-state index is 16.0. The summed E-state index contributed by atoms with van der Waals surface area (Å²) in [7, 11) is -3.72. The SMILES string of the molecule is CCCS(=O)(=O)Nc1cccc(-c2cn(-c3ccc(C(=O)N4CCN(CC5CCN(c6ccc([C@H]7CCC(=O)NC7=O)cc6)CC5)CC4)cc3)nc2-c2ccncc2)c1F. The van der Waals surface area contributed by atoms with Gasteiger partial charge in [-0.1, -0.05) is 31.2 Å². The molecule has 60 heavy (non-hydrogen) atoms. The smallest absolute Gasteiger partial charge is 0.253 e. The number of imide groups is 1. The molecule has 2 aromatic heterocycles. The van der Waals surface area contributed by atoms with Gasteiger partial charge >= 0.3 is 0 Å². The summed E-state index contributed by atoms with van der Waals surface area (Å²) in [5.74, 6) is -0.953. The van der Waals surface area contributed by atoms with Crippen LogP contribution in [0, 0.1) is 11.7 Å². The third-order valence-corrected chi connectivity index (χ3v) is 13.2. The number of nitrogens with zero attached hydrogens (tertiary/aromatic N) is 6. The van der Waals surface area contributed by atoms with E-state index in [1.54, 1.807) is 66.6 Å². The van der Waals surface area contributed by atoms with Gasteiger partial charge in [0.25, 0.3) is 5.91 Å². The Hall–Kier alpha value is -5.93. The number of pyridine rings is 1.